The zero-order valence-electron chi connectivity index (χ0n) is 15.6. The molecule has 6 heteroatoms. The van der Waals surface area contributed by atoms with Crippen molar-refractivity contribution >= 4 is 5.91 Å². The van der Waals surface area contributed by atoms with E-state index in [-0.39, 0.29) is 12.7 Å². The van der Waals surface area contributed by atoms with Crippen molar-refractivity contribution in [3.63, 3.8) is 0 Å². The van der Waals surface area contributed by atoms with Gasteiger partial charge in [-0.2, -0.15) is 0 Å². The van der Waals surface area contributed by atoms with Gasteiger partial charge in [-0.3, -0.25) is 4.79 Å². The molecule has 3 aliphatic rings. The average molecular weight is 381 g/mol. The molecule has 1 N–H and O–H groups in total. The second-order valence-corrected chi connectivity index (χ2v) is 7.46. The number of ether oxygens (including phenoxy) is 4. The maximum absolute atomic E-state index is 12.5. The number of fused-ring (bicyclic) bond motifs is 2. The molecule has 6 nitrogen and oxygen atoms in total. The van der Waals surface area contributed by atoms with Crippen LogP contribution < -0.4 is 24.3 Å². The standard InChI is InChI=1S/C22H23NO5/c24-22(16-4-6-19-21(12-16)28-13-27-19)23-8-7-17(14-1-2-14)15-3-5-18-20(11-15)26-10-9-25-18/h3-6,11-12,14,17H,1-2,7-10,13H2,(H,23,24). The smallest absolute Gasteiger partial charge is 0.251 e. The molecule has 1 amide bonds. The topological polar surface area (TPSA) is 66.0 Å². The van der Waals surface area contributed by atoms with E-state index < -0.39 is 0 Å². The second kappa shape index (κ2) is 7.26. The first kappa shape index (κ1) is 17.2. The quantitative estimate of drug-likeness (QED) is 0.830. The largest absolute Gasteiger partial charge is 0.486 e. The molecule has 5 rings (SSSR count). The Morgan fingerprint density at radius 2 is 1.64 bits per heavy atom. The van der Waals surface area contributed by atoms with Crippen LogP contribution in [0.3, 0.4) is 0 Å². The molecule has 146 valence electrons. The van der Waals surface area contributed by atoms with Crippen molar-refractivity contribution in [2.75, 3.05) is 26.6 Å². The van der Waals surface area contributed by atoms with Crippen LogP contribution in [0.2, 0.25) is 0 Å². The minimum Gasteiger partial charge on any atom is -0.486 e. The monoisotopic (exact) mass is 381 g/mol. The van der Waals surface area contributed by atoms with Crippen LogP contribution in [-0.2, 0) is 0 Å². The van der Waals surface area contributed by atoms with Gasteiger partial charge in [0.1, 0.15) is 13.2 Å². The third kappa shape index (κ3) is 3.46. The van der Waals surface area contributed by atoms with Gasteiger partial charge in [-0.15, -0.1) is 0 Å². The molecule has 0 saturated heterocycles. The van der Waals surface area contributed by atoms with Gasteiger partial charge >= 0.3 is 0 Å². The van der Waals surface area contributed by atoms with E-state index in [4.69, 9.17) is 18.9 Å². The van der Waals surface area contributed by atoms with E-state index >= 15 is 0 Å². The lowest BCUT2D eigenvalue weighted by molar-refractivity contribution is 0.0951. The fraction of sp³-hybridized carbons (Fsp3) is 0.409. The molecule has 0 aromatic heterocycles. The lowest BCUT2D eigenvalue weighted by Gasteiger charge is -2.22. The molecule has 1 saturated carbocycles. The van der Waals surface area contributed by atoms with E-state index in [2.05, 4.69) is 17.4 Å². The minimum atomic E-state index is -0.0879. The second-order valence-electron chi connectivity index (χ2n) is 7.46. The molecule has 2 aromatic carbocycles. The highest BCUT2D eigenvalue weighted by Gasteiger charge is 2.32. The zero-order chi connectivity index (χ0) is 18.9. The first-order chi connectivity index (χ1) is 13.8. The maximum Gasteiger partial charge on any atom is 0.251 e. The highest BCUT2D eigenvalue weighted by molar-refractivity contribution is 5.94. The summed E-state index contributed by atoms with van der Waals surface area (Å²) in [6.07, 6.45) is 3.39. The van der Waals surface area contributed by atoms with Crippen LogP contribution in [0.1, 0.15) is 41.1 Å². The SMILES string of the molecule is O=C(NCCC(c1ccc2c(c1)OCCO2)C1CC1)c1ccc2c(c1)OCO2. The predicted octanol–water partition coefficient (Wildman–Crippen LogP) is 3.50. The van der Waals surface area contributed by atoms with Gasteiger partial charge in [0.2, 0.25) is 6.79 Å². The number of rotatable bonds is 6. The fourth-order valence-corrected chi connectivity index (χ4v) is 3.94. The number of hydrogen-bond donors (Lipinski definition) is 1. The number of nitrogens with one attached hydrogen (secondary N) is 1. The Morgan fingerprint density at radius 1 is 0.929 bits per heavy atom. The van der Waals surface area contributed by atoms with Gasteiger partial charge in [0.25, 0.3) is 5.91 Å². The summed E-state index contributed by atoms with van der Waals surface area (Å²) < 4.78 is 22.0. The summed E-state index contributed by atoms with van der Waals surface area (Å²) in [4.78, 5) is 12.5. The molecule has 2 heterocycles. The van der Waals surface area contributed by atoms with Crippen molar-refractivity contribution < 1.29 is 23.7 Å². The molecular formula is C22H23NO5. The average Bonchev–Trinajstić information content (AvgIpc) is 3.46. The first-order valence-corrected chi connectivity index (χ1v) is 9.85. The Bertz CT molecular complexity index is 892. The van der Waals surface area contributed by atoms with Gasteiger partial charge in [-0.25, -0.2) is 0 Å². The van der Waals surface area contributed by atoms with Crippen molar-refractivity contribution in [1.29, 1.82) is 0 Å². The van der Waals surface area contributed by atoms with Crippen LogP contribution >= 0.6 is 0 Å². The number of carbonyl (C=O) groups excluding carboxylic acids is 1. The molecule has 2 aliphatic heterocycles. The molecular weight excluding hydrogens is 358 g/mol. The molecule has 0 radical (unpaired) electrons. The van der Waals surface area contributed by atoms with Crippen LogP contribution in [0.5, 0.6) is 23.0 Å². The van der Waals surface area contributed by atoms with E-state index in [1.165, 1.54) is 18.4 Å². The third-order valence-electron chi connectivity index (χ3n) is 5.56. The van der Waals surface area contributed by atoms with Crippen molar-refractivity contribution in [2.24, 2.45) is 5.92 Å². The van der Waals surface area contributed by atoms with E-state index in [0.717, 1.165) is 17.9 Å². The van der Waals surface area contributed by atoms with Gasteiger partial charge in [-0.05, 0) is 67.0 Å². The van der Waals surface area contributed by atoms with E-state index in [0.29, 0.717) is 48.7 Å². The molecule has 0 spiro atoms. The van der Waals surface area contributed by atoms with Crippen LogP contribution in [-0.4, -0.2) is 32.5 Å². The molecule has 1 unspecified atom stereocenters. The van der Waals surface area contributed by atoms with E-state index in [1.54, 1.807) is 18.2 Å². The van der Waals surface area contributed by atoms with Crippen LogP contribution in [0.15, 0.2) is 36.4 Å². The molecule has 1 atom stereocenters. The van der Waals surface area contributed by atoms with Crippen LogP contribution in [0.4, 0.5) is 0 Å². The number of carbonyl (C=O) groups is 1. The summed E-state index contributed by atoms with van der Waals surface area (Å²) in [7, 11) is 0. The maximum atomic E-state index is 12.5. The lowest BCUT2D eigenvalue weighted by atomic mass is 9.90. The van der Waals surface area contributed by atoms with Crippen LogP contribution in [0, 0.1) is 5.92 Å². The zero-order valence-corrected chi connectivity index (χ0v) is 15.6. The summed E-state index contributed by atoms with van der Waals surface area (Å²) in [5.74, 6) is 3.98. The highest BCUT2D eigenvalue weighted by Crippen LogP contribution is 2.46. The van der Waals surface area contributed by atoms with Gasteiger partial charge in [0.15, 0.2) is 23.0 Å². The Morgan fingerprint density at radius 3 is 2.50 bits per heavy atom. The Balaban J connectivity index is 1.22. The summed E-state index contributed by atoms with van der Waals surface area (Å²) in [6, 6.07) is 11.5. The summed E-state index contributed by atoms with van der Waals surface area (Å²) in [5, 5.41) is 3.04. The summed E-state index contributed by atoms with van der Waals surface area (Å²) in [6.45, 7) is 2.03. The lowest BCUT2D eigenvalue weighted by Crippen LogP contribution is -2.26. The minimum absolute atomic E-state index is 0.0879. The van der Waals surface area contributed by atoms with E-state index in [9.17, 15) is 4.79 Å². The highest BCUT2D eigenvalue weighted by atomic mass is 16.7. The normalized spacial score (nSPS) is 17.9. The van der Waals surface area contributed by atoms with Gasteiger partial charge in [-0.1, -0.05) is 6.07 Å². The molecule has 28 heavy (non-hydrogen) atoms. The van der Waals surface area contributed by atoms with Gasteiger partial charge in [0.05, 0.1) is 0 Å². The summed E-state index contributed by atoms with van der Waals surface area (Å²) in [5.41, 5.74) is 1.86. The van der Waals surface area contributed by atoms with Crippen molar-refractivity contribution in [1.82, 2.24) is 5.32 Å². The number of hydrogen-bond acceptors (Lipinski definition) is 5. The summed E-state index contributed by atoms with van der Waals surface area (Å²) >= 11 is 0. The Kier molecular flexibility index (Phi) is 4.47. The van der Waals surface area contributed by atoms with Gasteiger partial charge in [0, 0.05) is 12.1 Å². The predicted molar refractivity (Wildman–Crippen MR) is 102 cm³/mol. The number of benzene rings is 2. The van der Waals surface area contributed by atoms with Gasteiger partial charge < -0.3 is 24.3 Å². The van der Waals surface area contributed by atoms with Crippen molar-refractivity contribution in [3.8, 4) is 23.0 Å². The molecule has 2 aromatic rings. The molecule has 0 bridgehead atoms. The van der Waals surface area contributed by atoms with Crippen molar-refractivity contribution in [3.05, 3.63) is 47.5 Å². The molecule has 1 fully saturated rings. The third-order valence-corrected chi connectivity index (χ3v) is 5.56. The van der Waals surface area contributed by atoms with Crippen molar-refractivity contribution in [2.45, 2.75) is 25.2 Å². The fourth-order valence-electron chi connectivity index (χ4n) is 3.94. The Labute approximate surface area is 163 Å². The van der Waals surface area contributed by atoms with Crippen LogP contribution in [0.25, 0.3) is 0 Å². The van der Waals surface area contributed by atoms with E-state index in [1.807, 2.05) is 6.07 Å². The first-order valence-electron chi connectivity index (χ1n) is 9.85. The number of amides is 1. The Hall–Kier alpha value is -2.89. The molecule has 1 aliphatic carbocycles.